The van der Waals surface area contributed by atoms with E-state index in [9.17, 15) is 9.59 Å². The van der Waals surface area contributed by atoms with Crippen LogP contribution in [0.4, 0.5) is 5.69 Å². The Morgan fingerprint density at radius 1 is 1.04 bits per heavy atom. The lowest BCUT2D eigenvalue weighted by molar-refractivity contribution is -0.138. The minimum Gasteiger partial charge on any atom is -0.486 e. The number of hydrogen-bond acceptors (Lipinski definition) is 4. The summed E-state index contributed by atoms with van der Waals surface area (Å²) in [5.74, 6) is 2.27. The molecular formula is C20H26N2O4. The standard InChI is InChI=1S/C20H26N2O4/c1-13-7-14(2)11-21(10-13)20(24)15-8-19(23)22(12-15)16-3-4-17-18(9-16)26-6-5-25-17/h3-4,9,13-15H,5-8,10-12H2,1-2H3/t13-,14-,15-/m1/s1. The van der Waals surface area contributed by atoms with E-state index in [1.165, 1.54) is 0 Å². The van der Waals surface area contributed by atoms with E-state index in [1.54, 1.807) is 4.90 Å². The molecule has 1 aromatic rings. The van der Waals surface area contributed by atoms with Crippen molar-refractivity contribution in [3.8, 4) is 11.5 Å². The SMILES string of the molecule is C[C@@H]1C[C@@H](C)CN(C(=O)[C@@H]2CC(=O)N(c3ccc4c(c3)OCCO4)C2)C1. The van der Waals surface area contributed by atoms with Crippen molar-refractivity contribution in [3.05, 3.63) is 18.2 Å². The number of carbonyl (C=O) groups excluding carboxylic acids is 2. The molecule has 0 radical (unpaired) electrons. The number of fused-ring (bicyclic) bond motifs is 1. The van der Waals surface area contributed by atoms with E-state index in [1.807, 2.05) is 23.1 Å². The molecule has 4 rings (SSSR count). The molecular weight excluding hydrogens is 332 g/mol. The molecule has 3 atom stereocenters. The molecule has 3 heterocycles. The predicted octanol–water partition coefficient (Wildman–Crippen LogP) is 2.32. The minimum absolute atomic E-state index is 0.00173. The van der Waals surface area contributed by atoms with Gasteiger partial charge in [0.25, 0.3) is 0 Å². The van der Waals surface area contributed by atoms with Crippen molar-refractivity contribution in [1.82, 2.24) is 4.90 Å². The van der Waals surface area contributed by atoms with Gasteiger partial charge in [-0.3, -0.25) is 9.59 Å². The first-order valence-electron chi connectivity index (χ1n) is 9.50. The van der Waals surface area contributed by atoms with Gasteiger partial charge in [-0.2, -0.15) is 0 Å². The summed E-state index contributed by atoms with van der Waals surface area (Å²) in [6, 6.07) is 5.54. The van der Waals surface area contributed by atoms with E-state index in [0.29, 0.717) is 43.1 Å². The molecule has 0 N–H and O–H groups in total. The fraction of sp³-hybridized carbons (Fsp3) is 0.600. The van der Waals surface area contributed by atoms with Crippen LogP contribution < -0.4 is 14.4 Å². The van der Waals surface area contributed by atoms with Crippen molar-refractivity contribution in [1.29, 1.82) is 0 Å². The third-order valence-corrected chi connectivity index (χ3v) is 5.49. The fourth-order valence-electron chi connectivity index (χ4n) is 4.42. The molecule has 1 aromatic carbocycles. The second-order valence-electron chi connectivity index (χ2n) is 7.92. The number of likely N-dealkylation sites (tertiary alicyclic amines) is 1. The van der Waals surface area contributed by atoms with Crippen molar-refractivity contribution in [2.24, 2.45) is 17.8 Å². The highest BCUT2D eigenvalue weighted by atomic mass is 16.6. The maximum atomic E-state index is 12.9. The van der Waals surface area contributed by atoms with Crippen molar-refractivity contribution in [2.45, 2.75) is 26.7 Å². The van der Waals surface area contributed by atoms with Crippen LogP contribution in [0, 0.1) is 17.8 Å². The first kappa shape index (κ1) is 17.2. The normalized spacial score (nSPS) is 28.4. The van der Waals surface area contributed by atoms with Crippen LogP contribution in [0.1, 0.15) is 26.7 Å². The van der Waals surface area contributed by atoms with Crippen LogP contribution in [-0.2, 0) is 9.59 Å². The Hall–Kier alpha value is -2.24. The largest absolute Gasteiger partial charge is 0.486 e. The number of benzene rings is 1. The zero-order valence-corrected chi connectivity index (χ0v) is 15.4. The summed E-state index contributed by atoms with van der Waals surface area (Å²) >= 11 is 0. The molecule has 140 valence electrons. The van der Waals surface area contributed by atoms with Crippen LogP contribution in [0.2, 0.25) is 0 Å². The summed E-state index contributed by atoms with van der Waals surface area (Å²) in [5.41, 5.74) is 0.773. The second-order valence-corrected chi connectivity index (χ2v) is 7.92. The van der Waals surface area contributed by atoms with E-state index in [-0.39, 0.29) is 24.2 Å². The van der Waals surface area contributed by atoms with Gasteiger partial charge in [0.2, 0.25) is 11.8 Å². The van der Waals surface area contributed by atoms with E-state index < -0.39 is 0 Å². The van der Waals surface area contributed by atoms with Gasteiger partial charge < -0.3 is 19.3 Å². The number of rotatable bonds is 2. The van der Waals surface area contributed by atoms with E-state index in [0.717, 1.165) is 25.2 Å². The maximum Gasteiger partial charge on any atom is 0.228 e. The molecule has 0 aliphatic carbocycles. The van der Waals surface area contributed by atoms with Gasteiger partial charge in [-0.25, -0.2) is 0 Å². The quantitative estimate of drug-likeness (QED) is 0.814. The smallest absolute Gasteiger partial charge is 0.228 e. The average molecular weight is 358 g/mol. The summed E-state index contributed by atoms with van der Waals surface area (Å²) in [6.07, 6.45) is 1.45. The van der Waals surface area contributed by atoms with E-state index >= 15 is 0 Å². The van der Waals surface area contributed by atoms with Gasteiger partial charge in [0.1, 0.15) is 13.2 Å². The monoisotopic (exact) mass is 358 g/mol. The third kappa shape index (κ3) is 3.24. The van der Waals surface area contributed by atoms with E-state index in [4.69, 9.17) is 9.47 Å². The fourth-order valence-corrected chi connectivity index (χ4v) is 4.42. The van der Waals surface area contributed by atoms with Gasteiger partial charge in [-0.15, -0.1) is 0 Å². The zero-order valence-electron chi connectivity index (χ0n) is 15.4. The number of amides is 2. The first-order chi connectivity index (χ1) is 12.5. The lowest BCUT2D eigenvalue weighted by Gasteiger charge is -2.36. The van der Waals surface area contributed by atoms with Gasteiger partial charge in [0.15, 0.2) is 11.5 Å². The van der Waals surface area contributed by atoms with Crippen LogP contribution in [0.25, 0.3) is 0 Å². The Balaban J connectivity index is 1.47. The third-order valence-electron chi connectivity index (χ3n) is 5.49. The van der Waals surface area contributed by atoms with Crippen molar-refractivity contribution >= 4 is 17.5 Å². The Morgan fingerprint density at radius 2 is 1.73 bits per heavy atom. The van der Waals surface area contributed by atoms with Gasteiger partial charge >= 0.3 is 0 Å². The number of ether oxygens (including phenoxy) is 2. The number of nitrogens with zero attached hydrogens (tertiary/aromatic N) is 2. The molecule has 2 saturated heterocycles. The van der Waals surface area contributed by atoms with Crippen LogP contribution in [-0.4, -0.2) is 49.6 Å². The predicted molar refractivity (Wildman–Crippen MR) is 97.4 cm³/mol. The molecule has 3 aliphatic rings. The molecule has 6 nitrogen and oxygen atoms in total. The summed E-state index contributed by atoms with van der Waals surface area (Å²) in [4.78, 5) is 29.2. The van der Waals surface area contributed by atoms with E-state index in [2.05, 4.69) is 13.8 Å². The number of carbonyl (C=O) groups is 2. The molecule has 0 aromatic heterocycles. The topological polar surface area (TPSA) is 59.1 Å². The van der Waals surface area contributed by atoms with Crippen LogP contribution >= 0.6 is 0 Å². The number of hydrogen-bond donors (Lipinski definition) is 0. The van der Waals surface area contributed by atoms with Crippen molar-refractivity contribution in [3.63, 3.8) is 0 Å². The summed E-state index contributed by atoms with van der Waals surface area (Å²) in [6.45, 7) is 7.48. The van der Waals surface area contributed by atoms with Crippen LogP contribution in [0.3, 0.4) is 0 Å². The summed E-state index contributed by atoms with van der Waals surface area (Å²) in [5, 5.41) is 0. The molecule has 2 fully saturated rings. The highest BCUT2D eigenvalue weighted by Crippen LogP contribution is 2.36. The number of piperidine rings is 1. The molecule has 3 aliphatic heterocycles. The van der Waals surface area contributed by atoms with Gasteiger partial charge in [0.05, 0.1) is 5.92 Å². The molecule has 0 unspecified atom stereocenters. The highest BCUT2D eigenvalue weighted by Gasteiger charge is 2.39. The maximum absolute atomic E-state index is 12.9. The Bertz CT molecular complexity index is 710. The minimum atomic E-state index is -0.256. The molecule has 0 bridgehead atoms. The Labute approximate surface area is 154 Å². The second kappa shape index (κ2) is 6.82. The molecule has 0 spiro atoms. The Kier molecular flexibility index (Phi) is 4.51. The highest BCUT2D eigenvalue weighted by molar-refractivity contribution is 6.00. The van der Waals surface area contributed by atoms with Crippen molar-refractivity contribution < 1.29 is 19.1 Å². The Morgan fingerprint density at radius 3 is 2.46 bits per heavy atom. The van der Waals surface area contributed by atoms with Crippen LogP contribution in [0.15, 0.2) is 18.2 Å². The lowest BCUT2D eigenvalue weighted by atomic mass is 9.91. The summed E-state index contributed by atoms with van der Waals surface area (Å²) in [7, 11) is 0. The van der Waals surface area contributed by atoms with Gasteiger partial charge in [-0.1, -0.05) is 13.8 Å². The zero-order chi connectivity index (χ0) is 18.3. The summed E-state index contributed by atoms with van der Waals surface area (Å²) < 4.78 is 11.2. The number of anilines is 1. The molecule has 6 heteroatoms. The van der Waals surface area contributed by atoms with Crippen molar-refractivity contribution in [2.75, 3.05) is 37.7 Å². The van der Waals surface area contributed by atoms with Crippen LogP contribution in [0.5, 0.6) is 11.5 Å². The molecule has 0 saturated carbocycles. The van der Waals surface area contributed by atoms with Gasteiger partial charge in [-0.05, 0) is 30.4 Å². The lowest BCUT2D eigenvalue weighted by Crippen LogP contribution is -2.45. The average Bonchev–Trinajstić information content (AvgIpc) is 3.01. The molecule has 2 amide bonds. The molecule has 26 heavy (non-hydrogen) atoms. The first-order valence-corrected chi connectivity index (χ1v) is 9.50. The van der Waals surface area contributed by atoms with Gasteiger partial charge in [0, 0.05) is 37.8 Å².